The number of allylic oxidation sites excluding steroid dienone is 2. The molecule has 0 saturated carbocycles. The van der Waals surface area contributed by atoms with Crippen molar-refractivity contribution in [2.45, 2.75) is 0 Å². The summed E-state index contributed by atoms with van der Waals surface area (Å²) in [5, 5.41) is -0.165. The van der Waals surface area contributed by atoms with Crippen LogP contribution in [0.25, 0.3) is 0 Å². The quantitative estimate of drug-likeness (QED) is 0.132. The molecule has 0 fully saturated rings. The van der Waals surface area contributed by atoms with Gasteiger partial charge in [-0.2, -0.15) is 0 Å². The molecular weight excluding hydrogens is 558 g/mol. The van der Waals surface area contributed by atoms with Crippen molar-refractivity contribution in [3.8, 4) is 11.5 Å². The van der Waals surface area contributed by atoms with Crippen LogP contribution in [0.1, 0.15) is 20.7 Å². The molecule has 0 spiro atoms. The van der Waals surface area contributed by atoms with E-state index >= 15 is 0 Å². The fourth-order valence-electron chi connectivity index (χ4n) is 2.55. The molecular formula is C24H18Cl4O8. The van der Waals surface area contributed by atoms with E-state index < -0.39 is 36.7 Å². The van der Waals surface area contributed by atoms with Gasteiger partial charge < -0.3 is 18.9 Å². The summed E-state index contributed by atoms with van der Waals surface area (Å²) >= 11 is 24.2. The number of halogens is 4. The lowest BCUT2D eigenvalue weighted by Crippen LogP contribution is -2.21. The molecule has 0 aromatic heterocycles. The average molecular weight is 576 g/mol. The highest BCUT2D eigenvalue weighted by atomic mass is 35.5. The average Bonchev–Trinajstić information content (AvgIpc) is 2.87. The summed E-state index contributed by atoms with van der Waals surface area (Å²) < 4.78 is 20.3. The van der Waals surface area contributed by atoms with E-state index in [9.17, 15) is 19.2 Å². The summed E-state index contributed by atoms with van der Waals surface area (Å²) in [4.78, 5) is 47.1. The Kier molecular flexibility index (Phi) is 11.3. The zero-order valence-electron chi connectivity index (χ0n) is 18.5. The van der Waals surface area contributed by atoms with Crippen LogP contribution in [0, 0.1) is 0 Å². The molecule has 0 amide bonds. The third-order valence-corrected chi connectivity index (χ3v) is 6.03. The first-order valence-corrected chi connectivity index (χ1v) is 11.5. The molecule has 0 heterocycles. The van der Waals surface area contributed by atoms with Gasteiger partial charge in [0.05, 0.1) is 10.0 Å². The van der Waals surface area contributed by atoms with Crippen molar-refractivity contribution in [1.82, 2.24) is 0 Å². The Morgan fingerprint density at radius 1 is 0.639 bits per heavy atom. The monoisotopic (exact) mass is 574 g/mol. The maximum Gasteiger partial charge on any atom is 0.344 e. The van der Waals surface area contributed by atoms with Crippen LogP contribution >= 0.6 is 46.4 Å². The topological polar surface area (TPSA) is 105 Å². The lowest BCUT2D eigenvalue weighted by atomic mass is 10.1. The van der Waals surface area contributed by atoms with Gasteiger partial charge in [0.25, 0.3) is 0 Å². The van der Waals surface area contributed by atoms with Gasteiger partial charge in [-0.25, -0.2) is 9.59 Å². The number of benzene rings is 2. The smallest absolute Gasteiger partial charge is 0.344 e. The second-order valence-electron chi connectivity index (χ2n) is 6.63. The first-order valence-electron chi connectivity index (χ1n) is 9.97. The molecule has 0 aliphatic carbocycles. The molecule has 0 aliphatic heterocycles. The first kappa shape index (κ1) is 29.2. The molecule has 2 rings (SSSR count). The van der Waals surface area contributed by atoms with Gasteiger partial charge >= 0.3 is 11.9 Å². The number of carbonyl (C=O) groups excluding carboxylic acids is 4. The minimum atomic E-state index is -0.767. The number of hydrogen-bond donors (Lipinski definition) is 0. The maximum atomic E-state index is 11.8. The van der Waals surface area contributed by atoms with Crippen molar-refractivity contribution >= 4 is 69.9 Å². The number of ether oxygens (including phenoxy) is 4. The van der Waals surface area contributed by atoms with Gasteiger partial charge in [-0.15, -0.1) is 0 Å². The standard InChI is InChI=1S/C24H18Cl4O8/c1-3-15(29)13-5-7-17(23(27)21(13)25)35-11-19(31)33-9-10-34-20(32)12-36-18-8-6-14(16(30)4-2)22(26)24(18)28/h3-8H,1-2,9-12H2. The molecule has 2 aromatic rings. The molecule has 0 atom stereocenters. The van der Waals surface area contributed by atoms with E-state index in [1.54, 1.807) is 0 Å². The summed E-state index contributed by atoms with van der Waals surface area (Å²) in [6, 6.07) is 5.53. The second-order valence-corrected chi connectivity index (χ2v) is 8.15. The van der Waals surface area contributed by atoms with Gasteiger partial charge in [-0.05, 0) is 36.4 Å². The fourth-order valence-corrected chi connectivity index (χ4v) is 3.49. The van der Waals surface area contributed by atoms with Crippen LogP contribution < -0.4 is 9.47 Å². The largest absolute Gasteiger partial charge is 0.480 e. The number of hydrogen-bond acceptors (Lipinski definition) is 8. The summed E-state index contributed by atoms with van der Waals surface area (Å²) in [6.07, 6.45) is 2.17. The highest BCUT2D eigenvalue weighted by Crippen LogP contribution is 2.36. The molecule has 0 aliphatic rings. The molecule has 0 saturated heterocycles. The van der Waals surface area contributed by atoms with Crippen LogP contribution in [0.3, 0.4) is 0 Å². The summed E-state index contributed by atoms with van der Waals surface area (Å²) in [5.41, 5.74) is 0.283. The highest BCUT2D eigenvalue weighted by Gasteiger charge is 2.17. The molecule has 190 valence electrons. The van der Waals surface area contributed by atoms with Crippen LogP contribution in [0.15, 0.2) is 49.6 Å². The Balaban J connectivity index is 1.74. The van der Waals surface area contributed by atoms with E-state index in [-0.39, 0.29) is 55.9 Å². The molecule has 0 N–H and O–H groups in total. The minimum absolute atomic E-state index is 0.0358. The zero-order chi connectivity index (χ0) is 26.8. The van der Waals surface area contributed by atoms with E-state index in [4.69, 9.17) is 65.4 Å². The lowest BCUT2D eigenvalue weighted by Gasteiger charge is -2.12. The van der Waals surface area contributed by atoms with E-state index in [0.717, 1.165) is 12.2 Å². The van der Waals surface area contributed by atoms with Crippen molar-refractivity contribution in [3.05, 3.63) is 80.8 Å². The molecule has 0 radical (unpaired) electrons. The summed E-state index contributed by atoms with van der Waals surface area (Å²) in [7, 11) is 0. The molecule has 36 heavy (non-hydrogen) atoms. The van der Waals surface area contributed by atoms with Crippen molar-refractivity contribution in [1.29, 1.82) is 0 Å². The Morgan fingerprint density at radius 2 is 1.00 bits per heavy atom. The SMILES string of the molecule is C=CC(=O)c1ccc(OCC(=O)OCCOC(=O)COc2ccc(C(=O)C=C)c(Cl)c2Cl)c(Cl)c1Cl. The Bertz CT molecular complexity index is 1120. The van der Waals surface area contributed by atoms with Gasteiger partial charge in [0.15, 0.2) is 24.8 Å². The van der Waals surface area contributed by atoms with Crippen LogP contribution in [0.2, 0.25) is 20.1 Å². The fraction of sp³-hybridized carbons (Fsp3) is 0.167. The van der Waals surface area contributed by atoms with Gasteiger partial charge in [0.2, 0.25) is 0 Å². The molecule has 0 unspecified atom stereocenters. The van der Waals surface area contributed by atoms with Crippen molar-refractivity contribution < 1.29 is 38.1 Å². The molecule has 2 aromatic carbocycles. The van der Waals surface area contributed by atoms with E-state index in [2.05, 4.69) is 13.2 Å². The molecule has 8 nitrogen and oxygen atoms in total. The lowest BCUT2D eigenvalue weighted by molar-refractivity contribution is -0.154. The second kappa shape index (κ2) is 13.9. The van der Waals surface area contributed by atoms with Crippen molar-refractivity contribution in [2.24, 2.45) is 0 Å². The molecule has 0 bridgehead atoms. The summed E-state index contributed by atoms with van der Waals surface area (Å²) in [5.74, 6) is -2.23. The van der Waals surface area contributed by atoms with Gasteiger partial charge in [-0.3, -0.25) is 9.59 Å². The van der Waals surface area contributed by atoms with Crippen molar-refractivity contribution in [3.63, 3.8) is 0 Å². The highest BCUT2D eigenvalue weighted by molar-refractivity contribution is 6.45. The third-order valence-electron chi connectivity index (χ3n) is 4.30. The normalized spacial score (nSPS) is 10.2. The van der Waals surface area contributed by atoms with Gasteiger partial charge in [0, 0.05) is 11.1 Å². The number of carbonyl (C=O) groups is 4. The van der Waals surface area contributed by atoms with E-state index in [1.807, 2.05) is 0 Å². The third kappa shape index (κ3) is 7.73. The first-order chi connectivity index (χ1) is 17.1. The Hall–Kier alpha value is -3.04. The van der Waals surface area contributed by atoms with Gasteiger partial charge in [0.1, 0.15) is 34.8 Å². The van der Waals surface area contributed by atoms with E-state index in [0.29, 0.717) is 0 Å². The predicted octanol–water partition coefficient (Wildman–Crippen LogP) is 5.58. The Morgan fingerprint density at radius 3 is 1.33 bits per heavy atom. The maximum absolute atomic E-state index is 11.8. The van der Waals surface area contributed by atoms with E-state index in [1.165, 1.54) is 24.3 Å². The number of esters is 2. The minimum Gasteiger partial charge on any atom is -0.480 e. The zero-order valence-corrected chi connectivity index (χ0v) is 21.5. The molecule has 12 heteroatoms. The van der Waals surface area contributed by atoms with Gasteiger partial charge in [-0.1, -0.05) is 59.6 Å². The number of ketones is 2. The predicted molar refractivity (Wildman–Crippen MR) is 135 cm³/mol. The van der Waals surface area contributed by atoms with Crippen LogP contribution in [0.5, 0.6) is 11.5 Å². The van der Waals surface area contributed by atoms with Crippen LogP contribution in [-0.4, -0.2) is 49.9 Å². The van der Waals surface area contributed by atoms with Crippen LogP contribution in [-0.2, 0) is 19.1 Å². The summed E-state index contributed by atoms with van der Waals surface area (Å²) in [6.45, 7) is 5.23. The van der Waals surface area contributed by atoms with Crippen molar-refractivity contribution in [2.75, 3.05) is 26.4 Å². The Labute approximate surface area is 226 Å². The van der Waals surface area contributed by atoms with Crippen LogP contribution in [0.4, 0.5) is 0 Å². The number of rotatable bonds is 13.